The second kappa shape index (κ2) is 6.44. The molecule has 2 heterocycles. The van der Waals surface area contributed by atoms with E-state index >= 15 is 0 Å². The maximum Gasteiger partial charge on any atom is 0.146 e. The zero-order valence-corrected chi connectivity index (χ0v) is 12.9. The normalized spacial score (nSPS) is 16.8. The number of anilines is 1. The lowest BCUT2D eigenvalue weighted by Crippen LogP contribution is -2.32. The second-order valence-electron chi connectivity index (χ2n) is 6.14. The predicted molar refractivity (Wildman–Crippen MR) is 87.0 cm³/mol. The van der Waals surface area contributed by atoms with E-state index in [-0.39, 0.29) is 11.5 Å². The Labute approximate surface area is 131 Å². The molecule has 0 aliphatic carbocycles. The number of nitrogens with two attached hydrogens (primary N) is 1. The predicted octanol–water partition coefficient (Wildman–Crippen LogP) is 3.49. The fraction of sp³-hybridized carbons (Fsp3) is 0.389. The number of rotatable bonds is 3. The van der Waals surface area contributed by atoms with Gasteiger partial charge in [-0.2, -0.15) is 0 Å². The SMILES string of the molecule is Cc1cc(N)c(F)cc1C1CCN(Cc2ccncc2)CC1. The van der Waals surface area contributed by atoms with Crippen LogP contribution in [0.3, 0.4) is 0 Å². The van der Waals surface area contributed by atoms with Gasteiger partial charge in [-0.05, 0) is 79.7 Å². The van der Waals surface area contributed by atoms with E-state index in [0.717, 1.165) is 43.6 Å². The first-order chi connectivity index (χ1) is 10.6. The van der Waals surface area contributed by atoms with Crippen LogP contribution in [-0.4, -0.2) is 23.0 Å². The van der Waals surface area contributed by atoms with E-state index in [1.54, 1.807) is 12.1 Å². The van der Waals surface area contributed by atoms with Crippen molar-refractivity contribution in [1.29, 1.82) is 0 Å². The molecule has 1 fully saturated rings. The van der Waals surface area contributed by atoms with Crippen molar-refractivity contribution in [3.8, 4) is 0 Å². The van der Waals surface area contributed by atoms with Crippen molar-refractivity contribution in [2.45, 2.75) is 32.2 Å². The molecule has 1 aliphatic rings. The van der Waals surface area contributed by atoms with Crippen LogP contribution in [0.15, 0.2) is 36.7 Å². The highest BCUT2D eigenvalue weighted by molar-refractivity contribution is 5.47. The number of hydrogen-bond acceptors (Lipinski definition) is 3. The molecule has 116 valence electrons. The topological polar surface area (TPSA) is 42.1 Å². The Hall–Kier alpha value is -1.94. The molecule has 0 bridgehead atoms. The van der Waals surface area contributed by atoms with Crippen LogP contribution in [-0.2, 0) is 6.54 Å². The molecule has 0 unspecified atom stereocenters. The lowest BCUT2D eigenvalue weighted by Gasteiger charge is -2.33. The Morgan fingerprint density at radius 1 is 1.23 bits per heavy atom. The van der Waals surface area contributed by atoms with Gasteiger partial charge in [0.1, 0.15) is 5.82 Å². The molecule has 1 aromatic heterocycles. The van der Waals surface area contributed by atoms with Gasteiger partial charge in [0.2, 0.25) is 0 Å². The number of benzene rings is 1. The molecule has 1 saturated heterocycles. The van der Waals surface area contributed by atoms with E-state index in [9.17, 15) is 4.39 Å². The molecule has 0 amide bonds. The van der Waals surface area contributed by atoms with Gasteiger partial charge in [0.25, 0.3) is 0 Å². The Bertz CT molecular complexity index is 634. The number of halogens is 1. The highest BCUT2D eigenvalue weighted by atomic mass is 19.1. The van der Waals surface area contributed by atoms with Crippen LogP contribution < -0.4 is 5.73 Å². The first-order valence-electron chi connectivity index (χ1n) is 7.80. The third kappa shape index (κ3) is 3.28. The number of hydrogen-bond donors (Lipinski definition) is 1. The van der Waals surface area contributed by atoms with E-state index in [4.69, 9.17) is 5.73 Å². The van der Waals surface area contributed by atoms with E-state index in [1.165, 1.54) is 5.56 Å². The first-order valence-corrected chi connectivity index (χ1v) is 7.80. The molecule has 1 aromatic carbocycles. The van der Waals surface area contributed by atoms with Crippen LogP contribution in [0.2, 0.25) is 0 Å². The average Bonchev–Trinajstić information content (AvgIpc) is 2.53. The number of pyridine rings is 1. The van der Waals surface area contributed by atoms with Gasteiger partial charge in [-0.1, -0.05) is 0 Å². The molecule has 4 heteroatoms. The van der Waals surface area contributed by atoms with Crippen molar-refractivity contribution in [3.05, 3.63) is 59.2 Å². The largest absolute Gasteiger partial charge is 0.396 e. The summed E-state index contributed by atoms with van der Waals surface area (Å²) in [6, 6.07) is 7.51. The summed E-state index contributed by atoms with van der Waals surface area (Å²) in [7, 11) is 0. The number of likely N-dealkylation sites (tertiary alicyclic amines) is 1. The van der Waals surface area contributed by atoms with Crippen LogP contribution in [0.5, 0.6) is 0 Å². The van der Waals surface area contributed by atoms with Gasteiger partial charge >= 0.3 is 0 Å². The van der Waals surface area contributed by atoms with Gasteiger partial charge in [0.05, 0.1) is 5.69 Å². The Morgan fingerprint density at radius 2 is 1.91 bits per heavy atom. The van der Waals surface area contributed by atoms with Crippen LogP contribution in [0.25, 0.3) is 0 Å². The van der Waals surface area contributed by atoms with Crippen molar-refractivity contribution in [3.63, 3.8) is 0 Å². The highest BCUT2D eigenvalue weighted by Gasteiger charge is 2.22. The fourth-order valence-electron chi connectivity index (χ4n) is 3.31. The third-order valence-electron chi connectivity index (χ3n) is 4.57. The molecule has 3 rings (SSSR count). The van der Waals surface area contributed by atoms with Crippen LogP contribution >= 0.6 is 0 Å². The van der Waals surface area contributed by atoms with Gasteiger partial charge in [0, 0.05) is 18.9 Å². The lowest BCUT2D eigenvalue weighted by molar-refractivity contribution is 0.204. The Morgan fingerprint density at radius 3 is 2.59 bits per heavy atom. The summed E-state index contributed by atoms with van der Waals surface area (Å²) in [5, 5.41) is 0. The Balaban J connectivity index is 1.63. The number of nitrogen functional groups attached to an aromatic ring is 1. The lowest BCUT2D eigenvalue weighted by atomic mass is 9.86. The van der Waals surface area contributed by atoms with E-state index < -0.39 is 0 Å². The minimum absolute atomic E-state index is 0.247. The summed E-state index contributed by atoms with van der Waals surface area (Å²) in [6.45, 7) is 5.07. The van der Waals surface area contributed by atoms with Gasteiger partial charge < -0.3 is 5.73 Å². The molecule has 0 radical (unpaired) electrons. The van der Waals surface area contributed by atoms with E-state index in [1.807, 2.05) is 19.3 Å². The smallest absolute Gasteiger partial charge is 0.146 e. The monoisotopic (exact) mass is 299 g/mol. The minimum Gasteiger partial charge on any atom is -0.396 e. The molecular formula is C18H22FN3. The highest BCUT2D eigenvalue weighted by Crippen LogP contribution is 2.32. The first kappa shape index (κ1) is 15.0. The standard InChI is InChI=1S/C18H22FN3/c1-13-10-18(20)17(19)11-16(13)15-4-8-22(9-5-15)12-14-2-6-21-7-3-14/h2-3,6-7,10-11,15H,4-5,8-9,12,20H2,1H3. The molecule has 0 saturated carbocycles. The summed E-state index contributed by atoms with van der Waals surface area (Å²) in [4.78, 5) is 6.50. The minimum atomic E-state index is -0.292. The summed E-state index contributed by atoms with van der Waals surface area (Å²) in [5.41, 5.74) is 9.40. The summed E-state index contributed by atoms with van der Waals surface area (Å²) in [6.07, 6.45) is 5.80. The van der Waals surface area contributed by atoms with Crippen molar-refractivity contribution < 1.29 is 4.39 Å². The number of nitrogens with zero attached hydrogens (tertiary/aromatic N) is 2. The number of aryl methyl sites for hydroxylation is 1. The zero-order valence-electron chi connectivity index (χ0n) is 12.9. The van der Waals surface area contributed by atoms with Crippen LogP contribution in [0.1, 0.15) is 35.4 Å². The second-order valence-corrected chi connectivity index (χ2v) is 6.14. The van der Waals surface area contributed by atoms with Gasteiger partial charge in [0.15, 0.2) is 0 Å². The van der Waals surface area contributed by atoms with Crippen molar-refractivity contribution in [1.82, 2.24) is 9.88 Å². The molecule has 22 heavy (non-hydrogen) atoms. The summed E-state index contributed by atoms with van der Waals surface area (Å²) >= 11 is 0. The quantitative estimate of drug-likeness (QED) is 0.882. The third-order valence-corrected chi connectivity index (χ3v) is 4.57. The van der Waals surface area contributed by atoms with Gasteiger partial charge in [-0.15, -0.1) is 0 Å². The van der Waals surface area contributed by atoms with Gasteiger partial charge in [-0.3, -0.25) is 9.88 Å². The van der Waals surface area contributed by atoms with E-state index in [0.29, 0.717) is 5.92 Å². The fourth-order valence-corrected chi connectivity index (χ4v) is 3.31. The van der Waals surface area contributed by atoms with E-state index in [2.05, 4.69) is 22.0 Å². The van der Waals surface area contributed by atoms with Crippen LogP contribution in [0.4, 0.5) is 10.1 Å². The summed E-state index contributed by atoms with van der Waals surface area (Å²) in [5.74, 6) is 0.142. The van der Waals surface area contributed by atoms with Crippen molar-refractivity contribution in [2.24, 2.45) is 0 Å². The van der Waals surface area contributed by atoms with Crippen molar-refractivity contribution in [2.75, 3.05) is 18.8 Å². The average molecular weight is 299 g/mol. The van der Waals surface area contributed by atoms with Gasteiger partial charge in [-0.25, -0.2) is 4.39 Å². The maximum atomic E-state index is 13.7. The molecule has 1 aliphatic heterocycles. The maximum absolute atomic E-state index is 13.7. The molecular weight excluding hydrogens is 277 g/mol. The summed E-state index contributed by atoms with van der Waals surface area (Å²) < 4.78 is 13.7. The van der Waals surface area contributed by atoms with Crippen molar-refractivity contribution >= 4 is 5.69 Å². The number of aromatic nitrogens is 1. The molecule has 2 N–H and O–H groups in total. The van der Waals surface area contributed by atoms with Crippen LogP contribution in [0, 0.1) is 12.7 Å². The number of piperidine rings is 1. The molecule has 2 aromatic rings. The zero-order chi connectivity index (χ0) is 15.5. The Kier molecular flexibility index (Phi) is 4.39. The molecule has 3 nitrogen and oxygen atoms in total. The molecule has 0 atom stereocenters. The molecule has 0 spiro atoms.